The van der Waals surface area contributed by atoms with Crippen LogP contribution < -0.4 is 0 Å². The normalized spacial score (nSPS) is 18.2. The maximum Gasteiger partial charge on any atom is 0.329 e. The van der Waals surface area contributed by atoms with Crippen LogP contribution in [0.5, 0.6) is 0 Å². The second-order valence-corrected chi connectivity index (χ2v) is 9.95. The number of nitrogens with zero attached hydrogens (tertiary/aromatic N) is 3. The van der Waals surface area contributed by atoms with Crippen LogP contribution in [0.15, 0.2) is 53.8 Å². The average Bonchev–Trinajstić information content (AvgIpc) is 3.19. The van der Waals surface area contributed by atoms with Crippen LogP contribution in [0.4, 0.5) is 4.39 Å². The number of carboxylic acids is 1. The molecule has 0 unspecified atom stereocenters. The van der Waals surface area contributed by atoms with Gasteiger partial charge in [-0.05, 0) is 49.3 Å². The fraction of sp³-hybridized carbons (Fsp3) is 0.423. The summed E-state index contributed by atoms with van der Waals surface area (Å²) in [6.45, 7) is 3.19. The third-order valence-corrected chi connectivity index (χ3v) is 7.18. The molecule has 1 aliphatic carbocycles. The van der Waals surface area contributed by atoms with E-state index in [-0.39, 0.29) is 12.4 Å². The van der Waals surface area contributed by atoms with Crippen LogP contribution in [0.2, 0.25) is 0 Å². The van der Waals surface area contributed by atoms with Gasteiger partial charge >= 0.3 is 5.97 Å². The average molecular weight is 484 g/mol. The number of halogens is 1. The third kappa shape index (κ3) is 6.04. The Morgan fingerprint density at radius 1 is 1.15 bits per heavy atom. The Morgan fingerprint density at radius 2 is 1.88 bits per heavy atom. The zero-order chi connectivity index (χ0) is 23.9. The lowest BCUT2D eigenvalue weighted by molar-refractivity contribution is -0.142. The van der Waals surface area contributed by atoms with Gasteiger partial charge in [0.05, 0.1) is 12.8 Å². The molecule has 6 nitrogen and oxygen atoms in total. The number of hydrogen-bond donors (Lipinski definition) is 1. The minimum absolute atomic E-state index is 0.231. The van der Waals surface area contributed by atoms with Crippen LogP contribution in [0.1, 0.15) is 32.6 Å². The summed E-state index contributed by atoms with van der Waals surface area (Å²) in [5.41, 5.74) is 3.51. The number of carboxylic acid groups (broad SMARTS) is 1. The summed E-state index contributed by atoms with van der Waals surface area (Å²) >= 11 is 1.72. The van der Waals surface area contributed by atoms with Crippen LogP contribution >= 0.6 is 11.8 Å². The molecule has 3 aromatic rings. The molecular weight excluding hydrogens is 453 g/mol. The molecule has 0 spiro atoms. The first-order valence-corrected chi connectivity index (χ1v) is 12.7. The van der Waals surface area contributed by atoms with E-state index in [1.165, 1.54) is 12.3 Å². The Balaban J connectivity index is 1.59. The van der Waals surface area contributed by atoms with Gasteiger partial charge in [0, 0.05) is 29.4 Å². The molecule has 180 valence electrons. The summed E-state index contributed by atoms with van der Waals surface area (Å²) in [6.07, 6.45) is 7.08. The number of aliphatic carboxylic acids is 1. The van der Waals surface area contributed by atoms with Gasteiger partial charge in [-0.2, -0.15) is 5.10 Å². The van der Waals surface area contributed by atoms with E-state index >= 15 is 0 Å². The first-order chi connectivity index (χ1) is 16.5. The Morgan fingerprint density at radius 3 is 2.56 bits per heavy atom. The van der Waals surface area contributed by atoms with Gasteiger partial charge in [-0.3, -0.25) is 9.67 Å². The molecule has 34 heavy (non-hydrogen) atoms. The number of benzene rings is 1. The van der Waals surface area contributed by atoms with Crippen LogP contribution in [-0.2, 0) is 16.1 Å². The molecule has 1 saturated carbocycles. The summed E-state index contributed by atoms with van der Waals surface area (Å²) < 4.78 is 21.5. The maximum absolute atomic E-state index is 14.1. The highest BCUT2D eigenvalue weighted by Crippen LogP contribution is 2.40. The second kappa shape index (κ2) is 11.6. The van der Waals surface area contributed by atoms with Gasteiger partial charge in [-0.15, -0.1) is 11.8 Å². The van der Waals surface area contributed by atoms with E-state index in [1.54, 1.807) is 18.0 Å². The zero-order valence-corrected chi connectivity index (χ0v) is 20.1. The quantitative estimate of drug-likeness (QED) is 0.369. The highest BCUT2D eigenvalue weighted by atomic mass is 32.2. The molecule has 0 atom stereocenters. The number of carbonyl (C=O) groups is 1. The molecule has 2 aromatic heterocycles. The number of ether oxygens (including phenoxy) is 1. The van der Waals surface area contributed by atoms with Crippen LogP contribution in [0.25, 0.3) is 22.4 Å². The molecule has 1 N–H and O–H groups in total. The van der Waals surface area contributed by atoms with Gasteiger partial charge in [0.1, 0.15) is 23.1 Å². The van der Waals surface area contributed by atoms with Gasteiger partial charge < -0.3 is 9.84 Å². The van der Waals surface area contributed by atoms with E-state index in [4.69, 9.17) is 14.9 Å². The van der Waals surface area contributed by atoms with Crippen LogP contribution in [0.3, 0.4) is 0 Å². The Labute approximate surface area is 203 Å². The van der Waals surface area contributed by atoms with Crippen LogP contribution in [0, 0.1) is 17.7 Å². The van der Waals surface area contributed by atoms with Crippen molar-refractivity contribution in [3.8, 4) is 22.4 Å². The van der Waals surface area contributed by atoms with E-state index in [0.717, 1.165) is 65.4 Å². The number of hydrogen-bond acceptors (Lipinski definition) is 5. The minimum atomic E-state index is -0.924. The largest absolute Gasteiger partial charge is 0.480 e. The van der Waals surface area contributed by atoms with Crippen molar-refractivity contribution in [2.24, 2.45) is 11.8 Å². The van der Waals surface area contributed by atoms with Gasteiger partial charge in [-0.1, -0.05) is 37.3 Å². The predicted molar refractivity (Wildman–Crippen MR) is 131 cm³/mol. The number of rotatable bonds is 10. The molecule has 8 heteroatoms. The highest BCUT2D eigenvalue weighted by molar-refractivity contribution is 7.99. The summed E-state index contributed by atoms with van der Waals surface area (Å²) in [6, 6.07) is 11.6. The van der Waals surface area contributed by atoms with Crippen molar-refractivity contribution in [2.45, 2.75) is 44.2 Å². The topological polar surface area (TPSA) is 77.2 Å². The van der Waals surface area contributed by atoms with Gasteiger partial charge in [-0.25, -0.2) is 9.18 Å². The smallest absolute Gasteiger partial charge is 0.329 e. The lowest BCUT2D eigenvalue weighted by atomic mass is 9.82. The molecule has 4 rings (SSSR count). The van der Waals surface area contributed by atoms with E-state index in [9.17, 15) is 9.18 Å². The standard InChI is InChI=1S/C26H30FN3O3S/c1-2-34-26-24(21-12-22(27)14-28-13-21)25(20-6-4-3-5-7-20)29-30(26)15-18-8-10-19(11-9-18)16-33-17-23(31)32/h3-7,12-14,18-19H,2,8-11,15-17H2,1H3,(H,31,32)/t18-,19+. The van der Waals surface area contributed by atoms with Crippen molar-refractivity contribution in [3.63, 3.8) is 0 Å². The summed E-state index contributed by atoms with van der Waals surface area (Å²) in [4.78, 5) is 14.8. The van der Waals surface area contributed by atoms with Crippen molar-refractivity contribution in [3.05, 3.63) is 54.6 Å². The fourth-order valence-electron chi connectivity index (χ4n) is 4.60. The van der Waals surface area contributed by atoms with E-state index < -0.39 is 5.97 Å². The summed E-state index contributed by atoms with van der Waals surface area (Å²) in [7, 11) is 0. The van der Waals surface area contributed by atoms with E-state index in [2.05, 4.69) is 16.6 Å². The molecule has 1 aromatic carbocycles. The molecule has 0 aliphatic heterocycles. The summed E-state index contributed by atoms with van der Waals surface area (Å²) in [5.74, 6) is 0.482. The zero-order valence-electron chi connectivity index (χ0n) is 19.3. The molecule has 0 saturated heterocycles. The number of thioether (sulfide) groups is 1. The molecule has 2 heterocycles. The van der Waals surface area contributed by atoms with Crippen LogP contribution in [-0.4, -0.2) is 44.8 Å². The first-order valence-electron chi connectivity index (χ1n) is 11.7. The monoisotopic (exact) mass is 483 g/mol. The molecule has 0 amide bonds. The summed E-state index contributed by atoms with van der Waals surface area (Å²) in [5, 5.41) is 14.8. The van der Waals surface area contributed by atoms with Gasteiger partial charge in [0.15, 0.2) is 0 Å². The molecule has 0 radical (unpaired) electrons. The Bertz CT molecular complexity index is 1100. The third-order valence-electron chi connectivity index (χ3n) is 6.20. The maximum atomic E-state index is 14.1. The van der Waals surface area contributed by atoms with Crippen molar-refractivity contribution in [1.82, 2.24) is 14.8 Å². The van der Waals surface area contributed by atoms with Crippen molar-refractivity contribution in [1.29, 1.82) is 0 Å². The predicted octanol–water partition coefficient (Wildman–Crippen LogP) is 5.77. The van der Waals surface area contributed by atoms with Gasteiger partial charge in [0.2, 0.25) is 0 Å². The first kappa shape index (κ1) is 24.4. The molecule has 1 aliphatic rings. The van der Waals surface area contributed by atoms with Crippen molar-refractivity contribution >= 4 is 17.7 Å². The number of aromatic nitrogens is 3. The molecular formula is C26H30FN3O3S. The van der Waals surface area contributed by atoms with Gasteiger partial charge in [0.25, 0.3) is 0 Å². The number of pyridine rings is 1. The lowest BCUT2D eigenvalue weighted by Crippen LogP contribution is -2.23. The van der Waals surface area contributed by atoms with E-state index in [0.29, 0.717) is 18.4 Å². The Hall–Kier alpha value is -2.71. The van der Waals surface area contributed by atoms with E-state index in [1.807, 2.05) is 30.3 Å². The minimum Gasteiger partial charge on any atom is -0.480 e. The molecule has 0 bridgehead atoms. The molecule has 1 fully saturated rings. The highest BCUT2D eigenvalue weighted by Gasteiger charge is 2.26. The lowest BCUT2D eigenvalue weighted by Gasteiger charge is -2.28. The van der Waals surface area contributed by atoms with Crippen molar-refractivity contribution < 1.29 is 19.0 Å². The fourth-order valence-corrected chi connectivity index (χ4v) is 5.50. The SMILES string of the molecule is CCSc1c(-c2cncc(F)c2)c(-c2ccccc2)nn1C[C@H]1CC[C@@H](COCC(=O)O)CC1. The van der Waals surface area contributed by atoms with Crippen molar-refractivity contribution in [2.75, 3.05) is 19.0 Å². The Kier molecular flexibility index (Phi) is 8.34. The second-order valence-electron chi connectivity index (χ2n) is 8.70.